The van der Waals surface area contributed by atoms with Crippen molar-refractivity contribution < 1.29 is 14.3 Å². The first-order valence-corrected chi connectivity index (χ1v) is 10.4. The van der Waals surface area contributed by atoms with E-state index in [9.17, 15) is 9.59 Å². The van der Waals surface area contributed by atoms with E-state index in [1.54, 1.807) is 4.90 Å². The number of rotatable bonds is 5. The van der Waals surface area contributed by atoms with E-state index >= 15 is 0 Å². The van der Waals surface area contributed by atoms with Gasteiger partial charge in [0.15, 0.2) is 0 Å². The van der Waals surface area contributed by atoms with Crippen molar-refractivity contribution >= 4 is 17.5 Å². The Labute approximate surface area is 172 Å². The monoisotopic (exact) mass is 392 g/mol. The van der Waals surface area contributed by atoms with Crippen molar-refractivity contribution in [3.8, 4) is 0 Å². The topological polar surface area (TPSA) is 49.9 Å². The predicted molar refractivity (Wildman–Crippen MR) is 113 cm³/mol. The van der Waals surface area contributed by atoms with Crippen molar-refractivity contribution in [1.29, 1.82) is 0 Å². The number of anilines is 1. The molecule has 0 spiro atoms. The van der Waals surface area contributed by atoms with Crippen LogP contribution in [0.3, 0.4) is 0 Å². The van der Waals surface area contributed by atoms with Crippen LogP contribution >= 0.6 is 0 Å². The van der Waals surface area contributed by atoms with Gasteiger partial charge in [-0.25, -0.2) is 0 Å². The van der Waals surface area contributed by atoms with E-state index in [1.807, 2.05) is 54.4 Å². The summed E-state index contributed by atoms with van der Waals surface area (Å²) in [5, 5.41) is 0. The van der Waals surface area contributed by atoms with E-state index in [2.05, 4.69) is 12.1 Å². The zero-order chi connectivity index (χ0) is 20.3. The summed E-state index contributed by atoms with van der Waals surface area (Å²) in [7, 11) is 1.84. The number of carbonyl (C=O) groups is 2. The van der Waals surface area contributed by atoms with Crippen molar-refractivity contribution in [2.45, 2.75) is 31.1 Å². The molecule has 0 aromatic heterocycles. The molecule has 5 heteroatoms. The van der Waals surface area contributed by atoms with Crippen LogP contribution in [0.15, 0.2) is 54.6 Å². The molecule has 2 amide bonds. The summed E-state index contributed by atoms with van der Waals surface area (Å²) < 4.78 is 5.47. The van der Waals surface area contributed by atoms with Crippen molar-refractivity contribution in [3.05, 3.63) is 65.7 Å². The van der Waals surface area contributed by atoms with Crippen molar-refractivity contribution in [2.75, 3.05) is 38.3 Å². The highest BCUT2D eigenvalue weighted by molar-refractivity contribution is 6.08. The molecule has 0 bridgehead atoms. The van der Waals surface area contributed by atoms with E-state index in [4.69, 9.17) is 4.74 Å². The van der Waals surface area contributed by atoms with Crippen LogP contribution in [-0.2, 0) is 26.2 Å². The number of hydrogen-bond donors (Lipinski definition) is 0. The van der Waals surface area contributed by atoms with Gasteiger partial charge in [0.1, 0.15) is 0 Å². The Balaban J connectivity index is 1.63. The van der Waals surface area contributed by atoms with Gasteiger partial charge in [0.25, 0.3) is 0 Å². The largest absolute Gasteiger partial charge is 0.380 e. The Kier molecular flexibility index (Phi) is 5.67. The third-order valence-corrected chi connectivity index (χ3v) is 6.18. The third kappa shape index (κ3) is 3.79. The Morgan fingerprint density at radius 2 is 1.79 bits per heavy atom. The Morgan fingerprint density at radius 1 is 1.03 bits per heavy atom. The van der Waals surface area contributed by atoms with Crippen molar-refractivity contribution in [2.24, 2.45) is 0 Å². The predicted octanol–water partition coefficient (Wildman–Crippen LogP) is 3.17. The van der Waals surface area contributed by atoms with Crippen LogP contribution in [0.1, 0.15) is 30.4 Å². The summed E-state index contributed by atoms with van der Waals surface area (Å²) in [4.78, 5) is 30.1. The molecule has 5 nitrogen and oxygen atoms in total. The van der Waals surface area contributed by atoms with Gasteiger partial charge in [0, 0.05) is 38.9 Å². The molecular weight excluding hydrogens is 364 g/mol. The van der Waals surface area contributed by atoms with E-state index < -0.39 is 5.41 Å². The molecule has 2 aromatic carbocycles. The number of ether oxygens (including phenoxy) is 1. The normalized spacial score (nSPS) is 21.8. The first-order chi connectivity index (χ1) is 14.1. The van der Waals surface area contributed by atoms with Gasteiger partial charge in [-0.2, -0.15) is 0 Å². The van der Waals surface area contributed by atoms with Gasteiger partial charge in [0.2, 0.25) is 11.8 Å². The Hall–Kier alpha value is -2.66. The van der Waals surface area contributed by atoms with Crippen LogP contribution in [0.25, 0.3) is 0 Å². The molecule has 1 atom stereocenters. The first kappa shape index (κ1) is 19.6. The quantitative estimate of drug-likeness (QED) is 0.785. The number of benzene rings is 2. The van der Waals surface area contributed by atoms with Crippen LogP contribution in [0, 0.1) is 0 Å². The average Bonchev–Trinajstić information content (AvgIpc) is 2.96. The second kappa shape index (κ2) is 8.37. The molecule has 0 aliphatic carbocycles. The molecule has 2 aliphatic rings. The maximum atomic E-state index is 13.5. The zero-order valence-corrected chi connectivity index (χ0v) is 17.0. The van der Waals surface area contributed by atoms with Crippen molar-refractivity contribution in [1.82, 2.24) is 4.90 Å². The molecule has 29 heavy (non-hydrogen) atoms. The smallest absolute Gasteiger partial charge is 0.237 e. The second-order valence-corrected chi connectivity index (χ2v) is 7.97. The maximum absolute atomic E-state index is 13.5. The molecule has 2 aliphatic heterocycles. The van der Waals surface area contributed by atoms with Gasteiger partial charge in [-0.3, -0.25) is 9.59 Å². The van der Waals surface area contributed by atoms with Crippen molar-refractivity contribution in [3.63, 3.8) is 0 Å². The molecule has 4 rings (SSSR count). The summed E-state index contributed by atoms with van der Waals surface area (Å²) in [6.07, 6.45) is 2.34. The van der Waals surface area contributed by atoms with Crippen LogP contribution in [0.2, 0.25) is 0 Å². The lowest BCUT2D eigenvalue weighted by Crippen LogP contribution is -2.42. The maximum Gasteiger partial charge on any atom is 0.237 e. The molecule has 0 saturated carbocycles. The van der Waals surface area contributed by atoms with Crippen LogP contribution in [0.4, 0.5) is 5.69 Å². The minimum Gasteiger partial charge on any atom is -0.380 e. The van der Waals surface area contributed by atoms with Gasteiger partial charge in [-0.15, -0.1) is 0 Å². The lowest BCUT2D eigenvalue weighted by molar-refractivity contribution is -0.132. The van der Waals surface area contributed by atoms with Gasteiger partial charge >= 0.3 is 0 Å². The molecule has 0 unspecified atom stereocenters. The summed E-state index contributed by atoms with van der Waals surface area (Å²) in [6, 6.07) is 18.1. The number of hydrogen-bond acceptors (Lipinski definition) is 3. The first-order valence-electron chi connectivity index (χ1n) is 10.4. The minimum atomic E-state index is -0.704. The van der Waals surface area contributed by atoms with Gasteiger partial charge in [-0.05, 0) is 36.5 Å². The van der Waals surface area contributed by atoms with E-state index in [1.165, 1.54) is 0 Å². The van der Waals surface area contributed by atoms with Crippen LogP contribution < -0.4 is 4.90 Å². The zero-order valence-electron chi connectivity index (χ0n) is 17.0. The standard InChI is InChI=1S/C24H28N2O3/c1-25-21-11-6-5-10-20(21)24(23(25)28,18-19-8-3-2-4-9-19)13-12-22(27)26-14-7-16-29-17-15-26/h2-6,8-11H,7,12-18H2,1H3/t24-/m0/s1. The number of carbonyl (C=O) groups excluding carboxylic acids is 2. The molecule has 0 radical (unpaired) electrons. The second-order valence-electron chi connectivity index (χ2n) is 7.97. The molecular formula is C24H28N2O3. The number of para-hydroxylation sites is 1. The minimum absolute atomic E-state index is 0.0783. The summed E-state index contributed by atoms with van der Waals surface area (Å²) in [5.41, 5.74) is 2.39. The highest BCUT2D eigenvalue weighted by Gasteiger charge is 2.49. The number of fused-ring (bicyclic) bond motifs is 1. The fourth-order valence-corrected chi connectivity index (χ4v) is 4.64. The molecule has 1 fully saturated rings. The molecule has 0 N–H and O–H groups in total. The highest BCUT2D eigenvalue weighted by Crippen LogP contribution is 2.46. The SMILES string of the molecule is CN1C(=O)[C@@](CCC(=O)N2CCCOCC2)(Cc2ccccc2)c2ccccc21. The van der Waals surface area contributed by atoms with Gasteiger partial charge < -0.3 is 14.5 Å². The van der Waals surface area contributed by atoms with Crippen LogP contribution in [0.5, 0.6) is 0 Å². The summed E-state index contributed by atoms with van der Waals surface area (Å²) in [5.74, 6) is 0.192. The van der Waals surface area contributed by atoms with Crippen LogP contribution in [-0.4, -0.2) is 50.1 Å². The highest BCUT2D eigenvalue weighted by atomic mass is 16.5. The Morgan fingerprint density at radius 3 is 2.62 bits per heavy atom. The third-order valence-electron chi connectivity index (χ3n) is 6.18. The van der Waals surface area contributed by atoms with Gasteiger partial charge in [0.05, 0.1) is 12.0 Å². The average molecular weight is 392 g/mol. The summed E-state index contributed by atoms with van der Waals surface area (Å²) in [6.45, 7) is 2.66. The molecule has 1 saturated heterocycles. The number of likely N-dealkylation sites (N-methyl/N-ethyl adjacent to an activating group) is 1. The number of nitrogens with zero attached hydrogens (tertiary/aromatic N) is 2. The summed E-state index contributed by atoms with van der Waals surface area (Å²) >= 11 is 0. The lowest BCUT2D eigenvalue weighted by Gasteiger charge is -2.30. The molecule has 152 valence electrons. The fourth-order valence-electron chi connectivity index (χ4n) is 4.64. The van der Waals surface area contributed by atoms with E-state index in [0.29, 0.717) is 39.0 Å². The molecule has 2 aromatic rings. The number of amides is 2. The van der Waals surface area contributed by atoms with E-state index in [0.717, 1.165) is 29.8 Å². The lowest BCUT2D eigenvalue weighted by atomic mass is 9.73. The molecule has 2 heterocycles. The fraction of sp³-hybridized carbons (Fsp3) is 0.417. The van der Waals surface area contributed by atoms with E-state index in [-0.39, 0.29) is 11.8 Å². The Bertz CT molecular complexity index is 875. The van der Waals surface area contributed by atoms with Gasteiger partial charge in [-0.1, -0.05) is 48.5 Å².